The van der Waals surface area contributed by atoms with Crippen molar-refractivity contribution in [1.29, 1.82) is 0 Å². The van der Waals surface area contributed by atoms with Gasteiger partial charge in [0.1, 0.15) is 0 Å². The van der Waals surface area contributed by atoms with E-state index in [1.54, 1.807) is 60.7 Å². The van der Waals surface area contributed by atoms with E-state index in [0.29, 0.717) is 11.1 Å². The maximum absolute atomic E-state index is 11.5. The third-order valence-electron chi connectivity index (χ3n) is 3.68. The Morgan fingerprint density at radius 3 is 1.25 bits per heavy atom. The van der Waals surface area contributed by atoms with E-state index in [1.807, 2.05) is 0 Å². The fraction of sp³-hybridized carbons (Fsp3) is 0. The van der Waals surface area contributed by atoms with Crippen LogP contribution in [0.4, 0.5) is 0 Å². The van der Waals surface area contributed by atoms with Gasteiger partial charge in [-0.05, 0) is 24.3 Å². The van der Waals surface area contributed by atoms with Crippen molar-refractivity contribution < 1.29 is 29.0 Å². The van der Waals surface area contributed by atoms with Crippen LogP contribution in [-0.4, -0.2) is 23.5 Å². The number of benzene rings is 2. The number of halogens is 2. The molecule has 0 fully saturated rings. The Labute approximate surface area is 191 Å². The molecule has 0 N–H and O–H groups in total. The molecule has 8 nitrogen and oxygen atoms in total. The summed E-state index contributed by atoms with van der Waals surface area (Å²) in [5.74, 6) is -3.17. The van der Waals surface area contributed by atoms with Crippen LogP contribution >= 0.6 is 23.2 Å². The SMILES string of the molecule is O=C(OOC(=O)c1ccccc1)c1ccccc1.[C-]#[N+]C1=C([N+]#[C-])C(=O)C(Cl)=C(Cl)C1=O. The zero-order valence-electron chi connectivity index (χ0n) is 15.9. The lowest BCUT2D eigenvalue weighted by molar-refractivity contribution is -0.187. The third kappa shape index (κ3) is 5.67. The van der Waals surface area contributed by atoms with Crippen LogP contribution in [0.15, 0.2) is 82.1 Å². The number of hydrogen-bond acceptors (Lipinski definition) is 6. The Bertz CT molecular complexity index is 1130. The van der Waals surface area contributed by atoms with E-state index in [4.69, 9.17) is 36.3 Å². The molecule has 3 rings (SSSR count). The summed E-state index contributed by atoms with van der Waals surface area (Å²) in [6.45, 7) is 13.3. The summed E-state index contributed by atoms with van der Waals surface area (Å²) in [7, 11) is 0. The zero-order valence-corrected chi connectivity index (χ0v) is 17.4. The van der Waals surface area contributed by atoms with Crippen LogP contribution in [0.2, 0.25) is 0 Å². The minimum absolute atomic E-state index is 0.318. The molecule has 158 valence electrons. The number of hydrogen-bond donors (Lipinski definition) is 0. The van der Waals surface area contributed by atoms with E-state index in [-0.39, 0.29) is 0 Å². The quantitative estimate of drug-likeness (QED) is 0.278. The molecule has 0 saturated carbocycles. The molecule has 1 aliphatic carbocycles. The van der Waals surface area contributed by atoms with E-state index >= 15 is 0 Å². The number of carbonyl (C=O) groups is 4. The number of Topliss-reactive ketones (excluding diaryl/α,β-unsaturated/α-hetero) is 2. The van der Waals surface area contributed by atoms with Crippen molar-refractivity contribution >= 4 is 46.7 Å². The smallest absolute Gasteiger partial charge is 0.303 e. The molecule has 0 saturated heterocycles. The van der Waals surface area contributed by atoms with Crippen molar-refractivity contribution in [2.24, 2.45) is 0 Å². The van der Waals surface area contributed by atoms with Gasteiger partial charge in [0, 0.05) is 0 Å². The molecule has 0 heterocycles. The fourth-order valence-electron chi connectivity index (χ4n) is 2.15. The highest BCUT2D eigenvalue weighted by Gasteiger charge is 2.33. The minimum Gasteiger partial charge on any atom is -0.303 e. The van der Waals surface area contributed by atoms with Crippen LogP contribution in [0.5, 0.6) is 0 Å². The lowest BCUT2D eigenvalue weighted by atomic mass is 10.1. The first kappa shape index (κ1) is 24.0. The molecule has 0 spiro atoms. The van der Waals surface area contributed by atoms with Gasteiger partial charge in [0.05, 0.1) is 34.3 Å². The summed E-state index contributed by atoms with van der Waals surface area (Å²) < 4.78 is 0. The summed E-state index contributed by atoms with van der Waals surface area (Å²) in [5, 5.41) is -1.01. The highest BCUT2D eigenvalue weighted by Crippen LogP contribution is 2.30. The second-order valence-electron chi connectivity index (χ2n) is 5.68. The van der Waals surface area contributed by atoms with Crippen LogP contribution in [0.25, 0.3) is 9.69 Å². The first-order valence-corrected chi connectivity index (χ1v) is 9.24. The molecular formula is C22H10Cl2N2O6. The van der Waals surface area contributed by atoms with Gasteiger partial charge in [-0.2, -0.15) is 0 Å². The standard InChI is InChI=1S/C14H10O4.C8Cl2N2O2/c15-13(11-7-3-1-4-8-11)17-18-14(16)12-9-5-2-6-10-12;1-11-5-6(12-2)8(14)4(10)3(9)7(5)13/h1-10H;. The summed E-state index contributed by atoms with van der Waals surface area (Å²) in [6.07, 6.45) is 0. The van der Waals surface area contributed by atoms with Crippen molar-refractivity contribution in [2.45, 2.75) is 0 Å². The molecule has 2 aromatic rings. The van der Waals surface area contributed by atoms with Crippen LogP contribution in [0, 0.1) is 13.1 Å². The van der Waals surface area contributed by atoms with Gasteiger partial charge in [0.15, 0.2) is 11.6 Å². The Balaban J connectivity index is 0.000000235. The van der Waals surface area contributed by atoms with E-state index in [9.17, 15) is 19.2 Å². The molecular weight excluding hydrogens is 459 g/mol. The maximum Gasteiger partial charge on any atom is 0.386 e. The second kappa shape index (κ2) is 11.2. The predicted molar refractivity (Wildman–Crippen MR) is 113 cm³/mol. The fourth-order valence-corrected chi connectivity index (χ4v) is 2.50. The lowest BCUT2D eigenvalue weighted by Crippen LogP contribution is -2.16. The zero-order chi connectivity index (χ0) is 23.7. The van der Waals surface area contributed by atoms with Crippen molar-refractivity contribution in [2.75, 3.05) is 0 Å². The normalized spacial score (nSPS) is 12.8. The maximum atomic E-state index is 11.5. The van der Waals surface area contributed by atoms with Crippen molar-refractivity contribution in [1.82, 2.24) is 0 Å². The third-order valence-corrected chi connectivity index (χ3v) is 4.50. The summed E-state index contributed by atoms with van der Waals surface area (Å²) in [6, 6.07) is 16.6. The average Bonchev–Trinajstić information content (AvgIpc) is 2.84. The minimum atomic E-state index is -0.878. The van der Waals surface area contributed by atoms with Crippen molar-refractivity contribution in [3.05, 3.63) is 116 Å². The molecule has 0 unspecified atom stereocenters. The monoisotopic (exact) mass is 468 g/mol. The van der Waals surface area contributed by atoms with Gasteiger partial charge in [0.25, 0.3) is 0 Å². The Kier molecular flexibility index (Phi) is 8.44. The highest BCUT2D eigenvalue weighted by atomic mass is 35.5. The average molecular weight is 469 g/mol. The molecule has 0 aromatic heterocycles. The van der Waals surface area contributed by atoms with Crippen molar-refractivity contribution in [3.63, 3.8) is 0 Å². The van der Waals surface area contributed by atoms with E-state index < -0.39 is 45.0 Å². The van der Waals surface area contributed by atoms with E-state index in [1.165, 1.54) is 0 Å². The predicted octanol–water partition coefficient (Wildman–Crippen LogP) is 4.49. The van der Waals surface area contributed by atoms with Crippen molar-refractivity contribution in [3.8, 4) is 0 Å². The molecule has 1 aliphatic rings. The molecule has 10 heteroatoms. The second-order valence-corrected chi connectivity index (χ2v) is 6.44. The lowest BCUT2D eigenvalue weighted by Gasteiger charge is -2.08. The van der Waals surface area contributed by atoms with Crippen LogP contribution in [0.3, 0.4) is 0 Å². The number of allylic oxidation sites excluding steroid dienone is 2. The molecule has 32 heavy (non-hydrogen) atoms. The molecule has 0 atom stereocenters. The highest BCUT2D eigenvalue weighted by molar-refractivity contribution is 6.59. The number of rotatable bonds is 2. The van der Waals surface area contributed by atoms with Gasteiger partial charge >= 0.3 is 11.9 Å². The van der Waals surface area contributed by atoms with Gasteiger partial charge in [-0.1, -0.05) is 59.6 Å². The van der Waals surface area contributed by atoms with Gasteiger partial charge in [-0.15, -0.1) is 0 Å². The summed E-state index contributed by atoms with van der Waals surface area (Å²) >= 11 is 10.8. The van der Waals surface area contributed by atoms with Gasteiger partial charge in [-0.25, -0.2) is 29.1 Å². The van der Waals surface area contributed by atoms with E-state index in [2.05, 4.69) is 19.5 Å². The molecule has 0 bridgehead atoms. The Hall–Kier alpha value is -4.24. The van der Waals surface area contributed by atoms with Crippen LogP contribution in [0.1, 0.15) is 20.7 Å². The Morgan fingerprint density at radius 1 is 0.656 bits per heavy atom. The topological polar surface area (TPSA) is 95.5 Å². The number of nitrogens with zero attached hydrogens (tertiary/aromatic N) is 2. The molecule has 0 aliphatic heterocycles. The summed E-state index contributed by atoms with van der Waals surface area (Å²) in [4.78, 5) is 59.9. The Morgan fingerprint density at radius 2 is 0.969 bits per heavy atom. The van der Waals surface area contributed by atoms with Gasteiger partial charge in [0.2, 0.25) is 11.4 Å². The number of ketones is 2. The molecule has 2 aromatic carbocycles. The van der Waals surface area contributed by atoms with Crippen LogP contribution < -0.4 is 0 Å². The van der Waals surface area contributed by atoms with E-state index in [0.717, 1.165) is 0 Å². The number of carbonyl (C=O) groups excluding carboxylic acids is 4. The molecule has 0 radical (unpaired) electrons. The molecule has 0 amide bonds. The van der Waals surface area contributed by atoms with Gasteiger partial charge < -0.3 is 9.59 Å². The van der Waals surface area contributed by atoms with Crippen LogP contribution in [-0.2, 0) is 19.4 Å². The van der Waals surface area contributed by atoms with Gasteiger partial charge in [-0.3, -0.25) is 0 Å². The summed E-state index contributed by atoms with van der Waals surface area (Å²) in [5.41, 5.74) is -0.504. The largest absolute Gasteiger partial charge is 0.386 e. The first-order valence-electron chi connectivity index (χ1n) is 8.49. The first-order chi connectivity index (χ1) is 15.3.